The minimum atomic E-state index is -0.600. The summed E-state index contributed by atoms with van der Waals surface area (Å²) in [4.78, 5) is 12.1. The van der Waals surface area contributed by atoms with Crippen LogP contribution in [0.2, 0.25) is 0 Å². The van der Waals surface area contributed by atoms with Gasteiger partial charge in [0.1, 0.15) is 11.6 Å². The molecule has 1 amide bonds. The van der Waals surface area contributed by atoms with Crippen LogP contribution in [0.3, 0.4) is 0 Å². The van der Waals surface area contributed by atoms with Gasteiger partial charge in [0, 0.05) is 23.6 Å². The predicted molar refractivity (Wildman–Crippen MR) is 80.7 cm³/mol. The molecule has 116 valence electrons. The summed E-state index contributed by atoms with van der Waals surface area (Å²) in [7, 11) is 0. The molecular weight excluding hydrogens is 356 g/mol. The highest BCUT2D eigenvalue weighted by molar-refractivity contribution is 9.10. The van der Waals surface area contributed by atoms with Crippen LogP contribution in [0.4, 0.5) is 8.78 Å². The first-order chi connectivity index (χ1) is 10.4. The van der Waals surface area contributed by atoms with E-state index < -0.39 is 17.0 Å². The molecule has 0 saturated heterocycles. The fraction of sp³-hybridized carbons (Fsp3) is 0.312. The fourth-order valence-electron chi connectivity index (χ4n) is 2.61. The van der Waals surface area contributed by atoms with E-state index in [1.807, 2.05) is 0 Å². The molecule has 1 heterocycles. The van der Waals surface area contributed by atoms with Crippen LogP contribution in [0.25, 0.3) is 0 Å². The van der Waals surface area contributed by atoms with Crippen molar-refractivity contribution in [2.24, 2.45) is 0 Å². The fourth-order valence-corrected chi connectivity index (χ4v) is 3.12. The van der Waals surface area contributed by atoms with Gasteiger partial charge in [-0.25, -0.2) is 8.78 Å². The molecule has 1 saturated carbocycles. The smallest absolute Gasteiger partial charge is 0.287 e. The second kappa shape index (κ2) is 5.50. The molecule has 0 aliphatic heterocycles. The Bertz CT molecular complexity index is 738. The van der Waals surface area contributed by atoms with Crippen LogP contribution in [-0.2, 0) is 5.41 Å². The van der Waals surface area contributed by atoms with E-state index in [9.17, 15) is 13.6 Å². The van der Waals surface area contributed by atoms with Gasteiger partial charge >= 0.3 is 0 Å². The first kappa shape index (κ1) is 15.2. The summed E-state index contributed by atoms with van der Waals surface area (Å²) in [6.45, 7) is 2.07. The Morgan fingerprint density at radius 1 is 1.36 bits per heavy atom. The number of carbonyl (C=O) groups is 1. The Morgan fingerprint density at radius 3 is 2.64 bits per heavy atom. The van der Waals surface area contributed by atoms with Gasteiger partial charge in [0.2, 0.25) is 0 Å². The summed E-state index contributed by atoms with van der Waals surface area (Å²) < 4.78 is 32.7. The lowest BCUT2D eigenvalue weighted by atomic mass is 9.95. The highest BCUT2D eigenvalue weighted by Crippen LogP contribution is 2.48. The molecule has 2 aromatic rings. The number of nitrogens with one attached hydrogen (secondary N) is 1. The summed E-state index contributed by atoms with van der Waals surface area (Å²) in [5.41, 5.74) is 0.735. The number of carbonyl (C=O) groups excluding carboxylic acids is 1. The van der Waals surface area contributed by atoms with Crippen LogP contribution in [0.15, 0.2) is 33.4 Å². The number of hydrogen-bond donors (Lipinski definition) is 1. The van der Waals surface area contributed by atoms with Gasteiger partial charge in [0.15, 0.2) is 10.4 Å². The second-order valence-corrected chi connectivity index (χ2v) is 6.43. The Hall–Kier alpha value is -1.69. The van der Waals surface area contributed by atoms with Gasteiger partial charge in [0.05, 0.1) is 0 Å². The zero-order chi connectivity index (χ0) is 15.9. The van der Waals surface area contributed by atoms with Gasteiger partial charge < -0.3 is 9.73 Å². The normalized spacial score (nSPS) is 15.6. The number of benzene rings is 1. The molecular formula is C16H14BrF2NO2. The summed E-state index contributed by atoms with van der Waals surface area (Å²) in [5.74, 6) is -1.26. The largest absolute Gasteiger partial charge is 0.444 e. The Balaban J connectivity index is 1.73. The van der Waals surface area contributed by atoms with Crippen LogP contribution in [0.1, 0.15) is 34.5 Å². The van der Waals surface area contributed by atoms with Crippen molar-refractivity contribution in [2.45, 2.75) is 25.2 Å². The van der Waals surface area contributed by atoms with Crippen molar-refractivity contribution in [1.29, 1.82) is 0 Å². The first-order valence-corrected chi connectivity index (χ1v) is 7.70. The third-order valence-corrected chi connectivity index (χ3v) is 4.43. The van der Waals surface area contributed by atoms with E-state index in [1.165, 1.54) is 12.1 Å². The maximum atomic E-state index is 13.9. The number of halogens is 3. The number of hydrogen-bond acceptors (Lipinski definition) is 2. The van der Waals surface area contributed by atoms with Crippen molar-refractivity contribution >= 4 is 21.8 Å². The van der Waals surface area contributed by atoms with Gasteiger partial charge in [0.25, 0.3) is 5.91 Å². The molecule has 1 aromatic carbocycles. The summed E-state index contributed by atoms with van der Waals surface area (Å²) in [6.07, 6.45) is 1.52. The van der Waals surface area contributed by atoms with Crippen LogP contribution in [0, 0.1) is 18.6 Å². The molecule has 1 aliphatic rings. The molecule has 0 radical (unpaired) electrons. The molecule has 6 heteroatoms. The number of amides is 1. The molecule has 1 fully saturated rings. The average molecular weight is 370 g/mol. The number of aryl methyl sites for hydroxylation is 1. The summed E-state index contributed by atoms with van der Waals surface area (Å²) in [5, 5.41) is 2.78. The van der Waals surface area contributed by atoms with Gasteiger partial charge in [-0.15, -0.1) is 0 Å². The third-order valence-electron chi connectivity index (χ3n) is 4.04. The number of furan rings is 1. The van der Waals surface area contributed by atoms with E-state index in [0.29, 0.717) is 16.8 Å². The minimum absolute atomic E-state index is 0.238. The molecule has 1 aliphatic carbocycles. The van der Waals surface area contributed by atoms with Gasteiger partial charge in [-0.2, -0.15) is 0 Å². The molecule has 1 aromatic heterocycles. The van der Waals surface area contributed by atoms with E-state index in [4.69, 9.17) is 4.42 Å². The second-order valence-electron chi connectivity index (χ2n) is 5.65. The first-order valence-electron chi connectivity index (χ1n) is 6.91. The summed E-state index contributed by atoms with van der Waals surface area (Å²) in [6, 6.07) is 5.29. The van der Waals surface area contributed by atoms with Crippen LogP contribution >= 0.6 is 15.9 Å². The highest BCUT2D eigenvalue weighted by Gasteiger charge is 2.46. The molecule has 0 atom stereocenters. The van der Waals surface area contributed by atoms with E-state index in [0.717, 1.165) is 24.5 Å². The highest BCUT2D eigenvalue weighted by atomic mass is 79.9. The maximum Gasteiger partial charge on any atom is 0.287 e. The topological polar surface area (TPSA) is 42.2 Å². The lowest BCUT2D eigenvalue weighted by Gasteiger charge is -2.17. The van der Waals surface area contributed by atoms with Crippen LogP contribution < -0.4 is 5.32 Å². The van der Waals surface area contributed by atoms with Crippen molar-refractivity contribution in [2.75, 3.05) is 6.54 Å². The quantitative estimate of drug-likeness (QED) is 0.881. The van der Waals surface area contributed by atoms with Gasteiger partial charge in [-0.1, -0.05) is 6.07 Å². The monoisotopic (exact) mass is 369 g/mol. The van der Waals surface area contributed by atoms with Gasteiger partial charge in [-0.05, 0) is 53.4 Å². The number of rotatable bonds is 4. The Morgan fingerprint density at radius 2 is 2.09 bits per heavy atom. The Labute approximate surface area is 134 Å². The third kappa shape index (κ3) is 2.79. The molecule has 0 spiro atoms. The van der Waals surface area contributed by atoms with Crippen LogP contribution in [-0.4, -0.2) is 12.5 Å². The van der Waals surface area contributed by atoms with Crippen molar-refractivity contribution in [1.82, 2.24) is 5.32 Å². The molecule has 22 heavy (non-hydrogen) atoms. The standard InChI is InChI=1S/C16H14BrF2NO2/c1-9-6-13(17)22-14(9)15(21)20-8-16(4-5-16)11-3-2-10(18)7-12(11)19/h2-3,6-7H,4-5,8H2,1H3,(H,20,21). The molecule has 0 unspecified atom stereocenters. The average Bonchev–Trinajstić information content (AvgIpc) is 3.15. The molecule has 3 nitrogen and oxygen atoms in total. The van der Waals surface area contributed by atoms with Crippen molar-refractivity contribution in [3.63, 3.8) is 0 Å². The maximum absolute atomic E-state index is 13.9. The summed E-state index contributed by atoms with van der Waals surface area (Å²) >= 11 is 3.18. The Kier molecular flexibility index (Phi) is 3.80. The van der Waals surface area contributed by atoms with E-state index in [1.54, 1.807) is 13.0 Å². The molecule has 1 N–H and O–H groups in total. The molecule has 3 rings (SSSR count). The van der Waals surface area contributed by atoms with Crippen molar-refractivity contribution in [3.8, 4) is 0 Å². The van der Waals surface area contributed by atoms with E-state index in [2.05, 4.69) is 21.2 Å². The van der Waals surface area contributed by atoms with E-state index in [-0.39, 0.29) is 11.7 Å². The minimum Gasteiger partial charge on any atom is -0.444 e. The zero-order valence-corrected chi connectivity index (χ0v) is 13.5. The predicted octanol–water partition coefficient (Wildman–Crippen LogP) is 4.09. The lowest BCUT2D eigenvalue weighted by molar-refractivity contribution is 0.0919. The van der Waals surface area contributed by atoms with Crippen molar-refractivity contribution in [3.05, 3.63) is 57.5 Å². The van der Waals surface area contributed by atoms with Crippen LogP contribution in [0.5, 0.6) is 0 Å². The lowest BCUT2D eigenvalue weighted by Crippen LogP contribution is -2.32. The zero-order valence-electron chi connectivity index (χ0n) is 11.9. The SMILES string of the molecule is Cc1cc(Br)oc1C(=O)NCC1(c2ccc(F)cc2F)CC1. The van der Waals surface area contributed by atoms with Crippen molar-refractivity contribution < 1.29 is 18.0 Å². The van der Waals surface area contributed by atoms with Gasteiger partial charge in [-0.3, -0.25) is 4.79 Å². The van der Waals surface area contributed by atoms with E-state index >= 15 is 0 Å². The molecule has 0 bridgehead atoms.